The lowest BCUT2D eigenvalue weighted by Crippen LogP contribution is -2.32. The Kier molecular flexibility index (Phi) is 6.15. The highest BCUT2D eigenvalue weighted by Gasteiger charge is 2.21. The Hall–Kier alpha value is -3.17. The summed E-state index contributed by atoms with van der Waals surface area (Å²) in [4.78, 5) is 18.0. The van der Waals surface area contributed by atoms with Crippen LogP contribution in [0.25, 0.3) is 22.6 Å². The SMILES string of the molecule is Fc1ccc(CNc2ncc3nc(-c4cccnc4Cl)n(C[C@@H]4CCCNC4)c3n2)cc1F. The first-order chi connectivity index (χ1) is 16.1. The smallest absolute Gasteiger partial charge is 0.225 e. The molecule has 4 heterocycles. The summed E-state index contributed by atoms with van der Waals surface area (Å²) in [7, 11) is 0. The number of benzene rings is 1. The molecule has 170 valence electrons. The van der Waals surface area contributed by atoms with Crippen LogP contribution in [0.15, 0.2) is 42.7 Å². The molecule has 1 aliphatic heterocycles. The molecule has 0 amide bonds. The number of pyridine rings is 1. The second-order valence-corrected chi connectivity index (χ2v) is 8.46. The third-order valence-electron chi connectivity index (χ3n) is 5.76. The van der Waals surface area contributed by atoms with Crippen molar-refractivity contribution >= 4 is 28.7 Å². The topological polar surface area (TPSA) is 80.5 Å². The van der Waals surface area contributed by atoms with Crippen LogP contribution in [-0.2, 0) is 13.1 Å². The fraction of sp³-hybridized carbons (Fsp3) is 0.304. The second-order valence-electron chi connectivity index (χ2n) is 8.10. The number of rotatable bonds is 6. The van der Waals surface area contributed by atoms with Gasteiger partial charge in [-0.2, -0.15) is 4.98 Å². The first-order valence-corrected chi connectivity index (χ1v) is 11.2. The van der Waals surface area contributed by atoms with Crippen LogP contribution in [0, 0.1) is 17.6 Å². The minimum atomic E-state index is -0.886. The zero-order valence-corrected chi connectivity index (χ0v) is 18.5. The van der Waals surface area contributed by atoms with Gasteiger partial charge in [0.25, 0.3) is 0 Å². The summed E-state index contributed by atoms with van der Waals surface area (Å²) in [6.07, 6.45) is 5.53. The van der Waals surface area contributed by atoms with E-state index in [9.17, 15) is 8.78 Å². The van der Waals surface area contributed by atoms with Crippen LogP contribution in [0.2, 0.25) is 5.15 Å². The highest BCUT2D eigenvalue weighted by molar-refractivity contribution is 6.32. The molecule has 1 aromatic carbocycles. The number of hydrogen-bond acceptors (Lipinski definition) is 6. The van der Waals surface area contributed by atoms with Crippen LogP contribution in [-0.4, -0.2) is 37.6 Å². The van der Waals surface area contributed by atoms with Crippen LogP contribution in [0.3, 0.4) is 0 Å². The number of halogens is 3. The summed E-state index contributed by atoms with van der Waals surface area (Å²) in [5.41, 5.74) is 2.64. The molecule has 0 aliphatic carbocycles. The summed E-state index contributed by atoms with van der Waals surface area (Å²) in [5, 5.41) is 6.91. The quantitative estimate of drug-likeness (QED) is 0.407. The average molecular weight is 470 g/mol. The third-order valence-corrected chi connectivity index (χ3v) is 6.06. The Bertz CT molecular complexity index is 1290. The highest BCUT2D eigenvalue weighted by Crippen LogP contribution is 2.30. The largest absolute Gasteiger partial charge is 0.350 e. The molecule has 0 bridgehead atoms. The maximum Gasteiger partial charge on any atom is 0.225 e. The van der Waals surface area contributed by atoms with Crippen molar-refractivity contribution in [2.75, 3.05) is 18.4 Å². The predicted molar refractivity (Wildman–Crippen MR) is 123 cm³/mol. The van der Waals surface area contributed by atoms with Crippen molar-refractivity contribution in [3.05, 3.63) is 65.1 Å². The van der Waals surface area contributed by atoms with E-state index >= 15 is 0 Å². The molecule has 7 nitrogen and oxygen atoms in total. The van der Waals surface area contributed by atoms with Crippen molar-refractivity contribution in [1.82, 2.24) is 29.8 Å². The zero-order valence-electron chi connectivity index (χ0n) is 17.7. The van der Waals surface area contributed by atoms with Crippen LogP contribution >= 0.6 is 11.6 Å². The molecule has 4 aromatic rings. The van der Waals surface area contributed by atoms with E-state index in [1.807, 2.05) is 12.1 Å². The van der Waals surface area contributed by atoms with Crippen LogP contribution < -0.4 is 10.6 Å². The number of aromatic nitrogens is 5. The van der Waals surface area contributed by atoms with Gasteiger partial charge in [-0.15, -0.1) is 0 Å². The molecule has 1 fully saturated rings. The summed E-state index contributed by atoms with van der Waals surface area (Å²) < 4.78 is 28.8. The van der Waals surface area contributed by atoms with E-state index in [0.717, 1.165) is 50.2 Å². The Labute approximate surface area is 194 Å². The monoisotopic (exact) mass is 469 g/mol. The second kappa shape index (κ2) is 9.36. The maximum absolute atomic E-state index is 13.5. The lowest BCUT2D eigenvalue weighted by molar-refractivity contribution is 0.341. The Morgan fingerprint density at radius 1 is 1.15 bits per heavy atom. The molecule has 1 atom stereocenters. The number of nitrogens with one attached hydrogen (secondary N) is 2. The minimum absolute atomic E-state index is 0.255. The molecular weight excluding hydrogens is 448 g/mol. The van der Waals surface area contributed by atoms with E-state index in [0.29, 0.717) is 39.6 Å². The predicted octanol–water partition coefficient (Wildman–Crippen LogP) is 4.43. The van der Waals surface area contributed by atoms with Crippen molar-refractivity contribution in [1.29, 1.82) is 0 Å². The Balaban J connectivity index is 1.50. The van der Waals surface area contributed by atoms with Gasteiger partial charge in [-0.05, 0) is 61.7 Å². The maximum atomic E-state index is 13.5. The van der Waals surface area contributed by atoms with Gasteiger partial charge >= 0.3 is 0 Å². The van der Waals surface area contributed by atoms with Crippen molar-refractivity contribution in [2.24, 2.45) is 5.92 Å². The van der Waals surface area contributed by atoms with Gasteiger partial charge in [0.1, 0.15) is 16.5 Å². The molecule has 0 spiro atoms. The summed E-state index contributed by atoms with van der Waals surface area (Å²) in [6, 6.07) is 7.50. The van der Waals surface area contributed by atoms with E-state index in [-0.39, 0.29) is 6.54 Å². The summed E-state index contributed by atoms with van der Waals surface area (Å²) >= 11 is 6.39. The molecule has 1 saturated heterocycles. The van der Waals surface area contributed by atoms with Crippen molar-refractivity contribution < 1.29 is 8.78 Å². The van der Waals surface area contributed by atoms with Crippen molar-refractivity contribution in [3.8, 4) is 11.4 Å². The fourth-order valence-corrected chi connectivity index (χ4v) is 4.31. The summed E-state index contributed by atoms with van der Waals surface area (Å²) in [5.74, 6) is -0.263. The van der Waals surface area contributed by atoms with Gasteiger partial charge in [0.05, 0.1) is 11.8 Å². The molecular formula is C23H22ClF2N7. The first-order valence-electron chi connectivity index (χ1n) is 10.8. The number of anilines is 1. The van der Waals surface area contributed by atoms with E-state index in [2.05, 4.69) is 25.2 Å². The van der Waals surface area contributed by atoms with Crippen LogP contribution in [0.1, 0.15) is 18.4 Å². The Morgan fingerprint density at radius 3 is 2.85 bits per heavy atom. The molecule has 0 saturated carbocycles. The molecule has 5 rings (SSSR count). The van der Waals surface area contributed by atoms with Crippen LogP contribution in [0.4, 0.5) is 14.7 Å². The normalized spacial score (nSPS) is 16.3. The number of nitrogens with zero attached hydrogens (tertiary/aromatic N) is 5. The van der Waals surface area contributed by atoms with E-state index in [4.69, 9.17) is 21.6 Å². The van der Waals surface area contributed by atoms with Gasteiger partial charge in [0.2, 0.25) is 5.95 Å². The Morgan fingerprint density at radius 2 is 2.06 bits per heavy atom. The lowest BCUT2D eigenvalue weighted by Gasteiger charge is -2.24. The lowest BCUT2D eigenvalue weighted by atomic mass is 9.99. The highest BCUT2D eigenvalue weighted by atomic mass is 35.5. The third kappa shape index (κ3) is 4.65. The van der Waals surface area contributed by atoms with Gasteiger partial charge < -0.3 is 15.2 Å². The number of imidazole rings is 1. The van der Waals surface area contributed by atoms with Gasteiger partial charge in [0.15, 0.2) is 17.3 Å². The fourth-order valence-electron chi connectivity index (χ4n) is 4.10. The summed E-state index contributed by atoms with van der Waals surface area (Å²) in [6.45, 7) is 2.93. The molecule has 10 heteroatoms. The van der Waals surface area contributed by atoms with Gasteiger partial charge in [-0.1, -0.05) is 17.7 Å². The molecule has 3 aromatic heterocycles. The van der Waals surface area contributed by atoms with Gasteiger partial charge in [-0.3, -0.25) is 0 Å². The average Bonchev–Trinajstić information content (AvgIpc) is 3.18. The number of hydrogen-bond donors (Lipinski definition) is 2. The van der Waals surface area contributed by atoms with E-state index < -0.39 is 11.6 Å². The molecule has 0 unspecified atom stereocenters. The van der Waals surface area contributed by atoms with Gasteiger partial charge in [0, 0.05) is 19.3 Å². The molecule has 1 aliphatic rings. The minimum Gasteiger partial charge on any atom is -0.350 e. The van der Waals surface area contributed by atoms with Gasteiger partial charge in [-0.25, -0.2) is 23.7 Å². The number of piperidine rings is 1. The first kappa shape index (κ1) is 21.7. The zero-order chi connectivity index (χ0) is 22.8. The standard InChI is InChI=1S/C23H22ClF2N7/c24-20-16(4-2-8-28-20)21-31-19-12-30-23(29-11-14-5-6-17(25)18(26)9-14)32-22(19)33(21)13-15-3-1-7-27-10-15/h2,4-6,8-9,12,15,27H,1,3,7,10-11,13H2,(H,29,30,32)/t15-/m1/s1. The van der Waals surface area contributed by atoms with E-state index in [1.54, 1.807) is 12.4 Å². The van der Waals surface area contributed by atoms with Crippen molar-refractivity contribution in [3.63, 3.8) is 0 Å². The molecule has 0 radical (unpaired) electrons. The molecule has 2 N–H and O–H groups in total. The van der Waals surface area contributed by atoms with E-state index in [1.165, 1.54) is 6.07 Å². The van der Waals surface area contributed by atoms with Crippen molar-refractivity contribution in [2.45, 2.75) is 25.9 Å². The number of fused-ring (bicyclic) bond motifs is 1. The van der Waals surface area contributed by atoms with Crippen LogP contribution in [0.5, 0.6) is 0 Å². The molecule has 33 heavy (non-hydrogen) atoms.